The SMILES string of the molecule is Cl.NCC(NC(=O)c1cc(-c2ccco2)n(-c2ccc(Cl)cc2)n1)C1CC1. The highest BCUT2D eigenvalue weighted by molar-refractivity contribution is 6.30. The lowest BCUT2D eigenvalue weighted by molar-refractivity contribution is 0.0928. The van der Waals surface area contributed by atoms with Gasteiger partial charge in [-0.2, -0.15) is 5.10 Å². The van der Waals surface area contributed by atoms with Gasteiger partial charge in [0.2, 0.25) is 0 Å². The Balaban J connectivity index is 0.00000210. The molecule has 3 N–H and O–H groups in total. The number of hydrogen-bond donors (Lipinski definition) is 2. The largest absolute Gasteiger partial charge is 0.463 e. The van der Waals surface area contributed by atoms with Crippen LogP contribution < -0.4 is 11.1 Å². The van der Waals surface area contributed by atoms with Crippen LogP contribution in [0.15, 0.2) is 53.1 Å². The van der Waals surface area contributed by atoms with Gasteiger partial charge in [-0.1, -0.05) is 11.6 Å². The van der Waals surface area contributed by atoms with Crippen molar-refractivity contribution in [3.63, 3.8) is 0 Å². The smallest absolute Gasteiger partial charge is 0.272 e. The van der Waals surface area contributed by atoms with E-state index in [9.17, 15) is 4.79 Å². The molecule has 2 aromatic heterocycles. The highest BCUT2D eigenvalue weighted by Gasteiger charge is 2.32. The summed E-state index contributed by atoms with van der Waals surface area (Å²) in [5.41, 5.74) is 7.60. The summed E-state index contributed by atoms with van der Waals surface area (Å²) >= 11 is 5.98. The van der Waals surface area contributed by atoms with Gasteiger partial charge >= 0.3 is 0 Å². The summed E-state index contributed by atoms with van der Waals surface area (Å²) in [6.45, 7) is 0.430. The van der Waals surface area contributed by atoms with E-state index in [1.165, 1.54) is 0 Å². The monoisotopic (exact) mass is 406 g/mol. The molecule has 1 atom stereocenters. The molecule has 1 aromatic carbocycles. The highest BCUT2D eigenvalue weighted by atomic mass is 35.5. The number of carbonyl (C=O) groups excluding carboxylic acids is 1. The number of hydrogen-bond acceptors (Lipinski definition) is 4. The minimum atomic E-state index is -0.229. The lowest BCUT2D eigenvalue weighted by atomic mass is 10.2. The molecule has 142 valence electrons. The van der Waals surface area contributed by atoms with E-state index in [2.05, 4.69) is 10.4 Å². The topological polar surface area (TPSA) is 86.1 Å². The number of furan rings is 1. The van der Waals surface area contributed by atoms with E-state index in [1.807, 2.05) is 18.2 Å². The minimum Gasteiger partial charge on any atom is -0.463 e. The van der Waals surface area contributed by atoms with Crippen LogP contribution in [-0.4, -0.2) is 28.3 Å². The van der Waals surface area contributed by atoms with Crippen LogP contribution in [-0.2, 0) is 0 Å². The molecular weight excluding hydrogens is 387 g/mol. The van der Waals surface area contributed by atoms with Gasteiger partial charge in [-0.25, -0.2) is 4.68 Å². The molecule has 0 spiro atoms. The Morgan fingerprint density at radius 3 is 2.67 bits per heavy atom. The Bertz CT molecular complexity index is 902. The maximum absolute atomic E-state index is 12.7. The number of nitrogens with zero attached hydrogens (tertiary/aromatic N) is 2. The molecule has 1 saturated carbocycles. The van der Waals surface area contributed by atoms with Gasteiger partial charge in [0.05, 0.1) is 12.0 Å². The van der Waals surface area contributed by atoms with Gasteiger partial charge in [-0.3, -0.25) is 4.79 Å². The Morgan fingerprint density at radius 2 is 2.07 bits per heavy atom. The van der Waals surface area contributed by atoms with Crippen molar-refractivity contribution in [3.05, 3.63) is 59.4 Å². The maximum atomic E-state index is 12.7. The second kappa shape index (κ2) is 8.17. The molecule has 27 heavy (non-hydrogen) atoms. The van der Waals surface area contributed by atoms with Crippen LogP contribution in [0.25, 0.3) is 17.1 Å². The summed E-state index contributed by atoms with van der Waals surface area (Å²) in [7, 11) is 0. The first-order valence-corrected chi connectivity index (χ1v) is 8.94. The Morgan fingerprint density at radius 1 is 1.33 bits per heavy atom. The van der Waals surface area contributed by atoms with Crippen molar-refractivity contribution < 1.29 is 9.21 Å². The molecule has 2 heterocycles. The third-order valence-corrected chi connectivity index (χ3v) is 4.80. The van der Waals surface area contributed by atoms with Crippen LogP contribution in [0.3, 0.4) is 0 Å². The fourth-order valence-corrected chi connectivity index (χ4v) is 3.11. The predicted molar refractivity (Wildman–Crippen MR) is 107 cm³/mol. The number of carbonyl (C=O) groups is 1. The van der Waals surface area contributed by atoms with Gasteiger partial charge in [0.15, 0.2) is 11.5 Å². The molecule has 4 rings (SSSR count). The van der Waals surface area contributed by atoms with Gasteiger partial charge in [-0.05, 0) is 55.2 Å². The van der Waals surface area contributed by atoms with Crippen molar-refractivity contribution in [1.29, 1.82) is 0 Å². The zero-order chi connectivity index (χ0) is 18.1. The lowest BCUT2D eigenvalue weighted by Gasteiger charge is -2.14. The zero-order valence-corrected chi connectivity index (χ0v) is 16.0. The molecule has 1 unspecified atom stereocenters. The summed E-state index contributed by atoms with van der Waals surface area (Å²) < 4.78 is 7.19. The van der Waals surface area contributed by atoms with Crippen LogP contribution in [0, 0.1) is 5.92 Å². The first-order valence-electron chi connectivity index (χ1n) is 8.56. The number of amides is 1. The van der Waals surface area contributed by atoms with Crippen LogP contribution >= 0.6 is 24.0 Å². The van der Waals surface area contributed by atoms with E-state index in [1.54, 1.807) is 35.2 Å². The quantitative estimate of drug-likeness (QED) is 0.653. The van der Waals surface area contributed by atoms with Gasteiger partial charge in [0.1, 0.15) is 5.69 Å². The van der Waals surface area contributed by atoms with E-state index in [-0.39, 0.29) is 24.4 Å². The number of benzene rings is 1. The number of nitrogens with two attached hydrogens (primary N) is 1. The van der Waals surface area contributed by atoms with E-state index < -0.39 is 0 Å². The normalized spacial score (nSPS) is 14.4. The third-order valence-electron chi connectivity index (χ3n) is 4.55. The van der Waals surface area contributed by atoms with Crippen LogP contribution in [0.5, 0.6) is 0 Å². The standard InChI is InChI=1S/C19H19ClN4O2.ClH/c20-13-5-7-14(8-6-13)24-17(18-2-1-9-26-18)10-15(23-24)19(25)22-16(11-21)12-3-4-12;/h1-2,5-10,12,16H,3-4,11,21H2,(H,22,25);1H. The molecule has 0 saturated heterocycles. The number of halogens is 2. The van der Waals surface area contributed by atoms with Gasteiger partial charge in [0, 0.05) is 23.7 Å². The molecule has 3 aromatic rings. The summed E-state index contributed by atoms with van der Waals surface area (Å²) in [4.78, 5) is 12.7. The van der Waals surface area contributed by atoms with Crippen LogP contribution in [0.4, 0.5) is 0 Å². The van der Waals surface area contributed by atoms with Crippen molar-refractivity contribution >= 4 is 29.9 Å². The summed E-state index contributed by atoms with van der Waals surface area (Å²) in [5, 5.41) is 8.13. The average molecular weight is 407 g/mol. The molecule has 1 amide bonds. The summed E-state index contributed by atoms with van der Waals surface area (Å²) in [6, 6.07) is 12.6. The lowest BCUT2D eigenvalue weighted by Crippen LogP contribution is -2.41. The maximum Gasteiger partial charge on any atom is 0.272 e. The second-order valence-corrected chi connectivity index (χ2v) is 6.87. The van der Waals surface area contributed by atoms with E-state index in [4.69, 9.17) is 21.8 Å². The molecular formula is C19H20Cl2N4O2. The molecule has 1 aliphatic rings. The van der Waals surface area contributed by atoms with E-state index in [0.29, 0.717) is 34.6 Å². The first-order chi connectivity index (χ1) is 12.7. The Hall–Kier alpha value is -2.28. The summed E-state index contributed by atoms with van der Waals surface area (Å²) in [6.07, 6.45) is 3.81. The van der Waals surface area contributed by atoms with Crippen molar-refractivity contribution in [1.82, 2.24) is 15.1 Å². The molecule has 1 aliphatic carbocycles. The van der Waals surface area contributed by atoms with Gasteiger partial charge in [0.25, 0.3) is 5.91 Å². The van der Waals surface area contributed by atoms with Crippen LogP contribution in [0.2, 0.25) is 5.02 Å². The molecule has 0 aliphatic heterocycles. The third kappa shape index (κ3) is 4.18. The Labute approximate surface area is 168 Å². The van der Waals surface area contributed by atoms with Crippen molar-refractivity contribution in [2.45, 2.75) is 18.9 Å². The fourth-order valence-electron chi connectivity index (χ4n) is 2.98. The van der Waals surface area contributed by atoms with Gasteiger partial charge < -0.3 is 15.5 Å². The molecule has 8 heteroatoms. The van der Waals surface area contributed by atoms with Crippen molar-refractivity contribution in [3.8, 4) is 17.1 Å². The van der Waals surface area contributed by atoms with Crippen molar-refractivity contribution in [2.75, 3.05) is 6.54 Å². The van der Waals surface area contributed by atoms with E-state index in [0.717, 1.165) is 18.5 Å². The average Bonchev–Trinajstić information content (AvgIpc) is 3.17. The number of nitrogens with one attached hydrogen (secondary N) is 1. The summed E-state index contributed by atoms with van der Waals surface area (Å²) in [5.74, 6) is 0.879. The van der Waals surface area contributed by atoms with Crippen LogP contribution in [0.1, 0.15) is 23.3 Å². The highest BCUT2D eigenvalue weighted by Crippen LogP contribution is 2.32. The predicted octanol–water partition coefficient (Wildman–Crippen LogP) is 3.67. The molecule has 0 bridgehead atoms. The van der Waals surface area contributed by atoms with Gasteiger partial charge in [-0.15, -0.1) is 12.4 Å². The fraction of sp³-hybridized carbons (Fsp3) is 0.263. The molecule has 0 radical (unpaired) electrons. The molecule has 1 fully saturated rings. The zero-order valence-electron chi connectivity index (χ0n) is 14.5. The van der Waals surface area contributed by atoms with E-state index >= 15 is 0 Å². The Kier molecular flexibility index (Phi) is 5.89. The number of rotatable bonds is 6. The molecule has 6 nitrogen and oxygen atoms in total. The second-order valence-electron chi connectivity index (χ2n) is 6.43. The van der Waals surface area contributed by atoms with Crippen molar-refractivity contribution in [2.24, 2.45) is 11.7 Å². The number of aromatic nitrogens is 2. The minimum absolute atomic E-state index is 0. The first kappa shape index (κ1) is 19.5.